The standard InChI is InChI=1S/C18H24F3N3O.HI/c1-3-22-17(23-15-9-12(15)2)24-7-8-25-16(11-24)13-5-4-6-14(10-13)18(19,20)21;/h4-6,10,12,15-16H,3,7-9,11H2,1-2H3,(H,22,23);1H. The van der Waals surface area contributed by atoms with Crippen LogP contribution < -0.4 is 5.32 Å². The van der Waals surface area contributed by atoms with E-state index in [1.807, 2.05) is 6.92 Å². The van der Waals surface area contributed by atoms with E-state index in [0.29, 0.717) is 43.8 Å². The molecule has 2 fully saturated rings. The topological polar surface area (TPSA) is 36.9 Å². The summed E-state index contributed by atoms with van der Waals surface area (Å²) < 4.78 is 44.6. The number of nitrogens with one attached hydrogen (secondary N) is 1. The third-order valence-corrected chi connectivity index (χ3v) is 4.68. The van der Waals surface area contributed by atoms with Gasteiger partial charge in [-0.25, -0.2) is 0 Å². The Morgan fingerprint density at radius 1 is 1.38 bits per heavy atom. The van der Waals surface area contributed by atoms with Crippen molar-refractivity contribution < 1.29 is 17.9 Å². The van der Waals surface area contributed by atoms with Gasteiger partial charge in [0.05, 0.1) is 18.7 Å². The zero-order chi connectivity index (χ0) is 18.0. The first-order chi connectivity index (χ1) is 11.9. The highest BCUT2D eigenvalue weighted by atomic mass is 127. The van der Waals surface area contributed by atoms with Crippen molar-refractivity contribution in [3.05, 3.63) is 35.4 Å². The highest BCUT2D eigenvalue weighted by Gasteiger charge is 2.36. The highest BCUT2D eigenvalue weighted by molar-refractivity contribution is 14.0. The van der Waals surface area contributed by atoms with Crippen molar-refractivity contribution in [1.29, 1.82) is 0 Å². The van der Waals surface area contributed by atoms with Gasteiger partial charge in [-0.3, -0.25) is 4.99 Å². The number of rotatable bonds is 3. The van der Waals surface area contributed by atoms with Crippen LogP contribution in [0.4, 0.5) is 13.2 Å². The van der Waals surface area contributed by atoms with Crippen LogP contribution in [-0.4, -0.2) is 43.1 Å². The molecule has 1 saturated carbocycles. The second-order valence-corrected chi connectivity index (χ2v) is 6.69. The first-order valence-electron chi connectivity index (χ1n) is 8.73. The van der Waals surface area contributed by atoms with Gasteiger partial charge in [-0.1, -0.05) is 19.1 Å². The van der Waals surface area contributed by atoms with E-state index in [0.717, 1.165) is 18.4 Å². The summed E-state index contributed by atoms with van der Waals surface area (Å²) in [5.74, 6) is 1.47. The second kappa shape index (κ2) is 8.77. The number of guanidine groups is 1. The molecule has 26 heavy (non-hydrogen) atoms. The van der Waals surface area contributed by atoms with E-state index < -0.39 is 17.8 Å². The van der Waals surface area contributed by atoms with Gasteiger partial charge in [0.25, 0.3) is 0 Å². The van der Waals surface area contributed by atoms with Gasteiger partial charge >= 0.3 is 6.18 Å². The molecule has 0 amide bonds. The molecule has 4 nitrogen and oxygen atoms in total. The fourth-order valence-corrected chi connectivity index (χ4v) is 3.03. The molecule has 1 heterocycles. The van der Waals surface area contributed by atoms with Crippen LogP contribution in [0.1, 0.15) is 37.5 Å². The van der Waals surface area contributed by atoms with E-state index in [1.54, 1.807) is 6.07 Å². The molecular formula is C18H25F3IN3O. The van der Waals surface area contributed by atoms with Crippen LogP contribution in [-0.2, 0) is 10.9 Å². The molecule has 0 radical (unpaired) electrons. The average Bonchev–Trinajstić information content (AvgIpc) is 3.29. The van der Waals surface area contributed by atoms with Gasteiger partial charge in [0.1, 0.15) is 6.10 Å². The Hall–Kier alpha value is -1.03. The Balaban J connectivity index is 0.00000243. The minimum Gasteiger partial charge on any atom is -0.370 e. The Bertz CT molecular complexity index is 638. The summed E-state index contributed by atoms with van der Waals surface area (Å²) >= 11 is 0. The maximum absolute atomic E-state index is 12.9. The molecule has 1 aliphatic carbocycles. The molecule has 1 aliphatic heterocycles. The molecular weight excluding hydrogens is 458 g/mol. The van der Waals surface area contributed by atoms with Crippen LogP contribution in [0.5, 0.6) is 0 Å². The summed E-state index contributed by atoms with van der Waals surface area (Å²) in [4.78, 5) is 6.63. The number of aliphatic imine (C=N–C) groups is 1. The van der Waals surface area contributed by atoms with Crippen molar-refractivity contribution in [2.24, 2.45) is 10.9 Å². The van der Waals surface area contributed by atoms with Gasteiger partial charge in [-0.05, 0) is 37.0 Å². The van der Waals surface area contributed by atoms with Gasteiger partial charge in [0.2, 0.25) is 0 Å². The van der Waals surface area contributed by atoms with Crippen molar-refractivity contribution in [3.63, 3.8) is 0 Å². The van der Waals surface area contributed by atoms with E-state index in [9.17, 15) is 13.2 Å². The number of ether oxygens (including phenoxy) is 1. The van der Waals surface area contributed by atoms with Gasteiger partial charge in [0.15, 0.2) is 5.96 Å². The number of alkyl halides is 3. The fraction of sp³-hybridized carbons (Fsp3) is 0.611. The predicted octanol–water partition coefficient (Wildman–Crippen LogP) is 4.07. The Labute approximate surface area is 169 Å². The zero-order valence-corrected chi connectivity index (χ0v) is 17.3. The first kappa shape index (κ1) is 21.3. The van der Waals surface area contributed by atoms with Gasteiger partial charge in [-0.15, -0.1) is 24.0 Å². The highest BCUT2D eigenvalue weighted by Crippen LogP contribution is 2.33. The van der Waals surface area contributed by atoms with Crippen LogP contribution >= 0.6 is 24.0 Å². The van der Waals surface area contributed by atoms with Crippen LogP contribution in [0.15, 0.2) is 29.3 Å². The summed E-state index contributed by atoms with van der Waals surface area (Å²) in [6.07, 6.45) is -3.61. The summed E-state index contributed by atoms with van der Waals surface area (Å²) in [6.45, 7) is 6.46. The molecule has 3 unspecified atom stereocenters. The summed E-state index contributed by atoms with van der Waals surface area (Å²) in [6, 6.07) is 5.84. The van der Waals surface area contributed by atoms with E-state index in [-0.39, 0.29) is 24.0 Å². The number of hydrogen-bond donors (Lipinski definition) is 1. The minimum absolute atomic E-state index is 0. The molecule has 1 saturated heterocycles. The van der Waals surface area contributed by atoms with E-state index in [1.165, 1.54) is 12.1 Å². The van der Waals surface area contributed by atoms with E-state index in [4.69, 9.17) is 4.74 Å². The molecule has 1 aromatic carbocycles. The van der Waals surface area contributed by atoms with Crippen molar-refractivity contribution in [3.8, 4) is 0 Å². The Morgan fingerprint density at radius 2 is 2.12 bits per heavy atom. The monoisotopic (exact) mass is 483 g/mol. The van der Waals surface area contributed by atoms with Crippen molar-refractivity contribution in [2.75, 3.05) is 26.2 Å². The molecule has 0 spiro atoms. The molecule has 146 valence electrons. The Morgan fingerprint density at radius 3 is 2.73 bits per heavy atom. The van der Waals surface area contributed by atoms with Gasteiger partial charge < -0.3 is 15.0 Å². The summed E-state index contributed by atoms with van der Waals surface area (Å²) in [5.41, 5.74) is -0.0896. The van der Waals surface area contributed by atoms with Crippen molar-refractivity contribution >= 4 is 29.9 Å². The second-order valence-electron chi connectivity index (χ2n) is 6.69. The summed E-state index contributed by atoms with van der Waals surface area (Å²) in [5, 5.41) is 3.46. The van der Waals surface area contributed by atoms with Crippen molar-refractivity contribution in [2.45, 2.75) is 38.6 Å². The van der Waals surface area contributed by atoms with Crippen LogP contribution in [0.3, 0.4) is 0 Å². The number of halogens is 4. The smallest absolute Gasteiger partial charge is 0.370 e. The number of benzene rings is 1. The lowest BCUT2D eigenvalue weighted by Crippen LogP contribution is -2.49. The summed E-state index contributed by atoms with van der Waals surface area (Å²) in [7, 11) is 0. The lowest BCUT2D eigenvalue weighted by Gasteiger charge is -2.35. The lowest BCUT2D eigenvalue weighted by molar-refractivity contribution is -0.137. The maximum Gasteiger partial charge on any atom is 0.416 e. The lowest BCUT2D eigenvalue weighted by atomic mass is 10.0. The SMILES string of the molecule is CCN=C(NC1CC1C)N1CCOC(c2cccc(C(F)(F)F)c2)C1.I. The van der Waals surface area contributed by atoms with E-state index in [2.05, 4.69) is 22.1 Å². The third-order valence-electron chi connectivity index (χ3n) is 4.68. The number of hydrogen-bond acceptors (Lipinski definition) is 2. The Kier molecular flexibility index (Phi) is 7.18. The third kappa shape index (κ3) is 5.25. The molecule has 0 bridgehead atoms. The fourth-order valence-electron chi connectivity index (χ4n) is 3.03. The normalized spacial score (nSPS) is 26.3. The molecule has 0 aromatic heterocycles. The van der Waals surface area contributed by atoms with Gasteiger partial charge in [-0.2, -0.15) is 13.2 Å². The van der Waals surface area contributed by atoms with Crippen LogP contribution in [0.25, 0.3) is 0 Å². The molecule has 2 aliphatic rings. The van der Waals surface area contributed by atoms with Crippen LogP contribution in [0, 0.1) is 5.92 Å². The molecule has 1 N–H and O–H groups in total. The minimum atomic E-state index is -4.34. The molecule has 3 atom stereocenters. The largest absolute Gasteiger partial charge is 0.416 e. The average molecular weight is 483 g/mol. The maximum atomic E-state index is 12.9. The van der Waals surface area contributed by atoms with Crippen molar-refractivity contribution in [1.82, 2.24) is 10.2 Å². The predicted molar refractivity (Wildman–Crippen MR) is 106 cm³/mol. The van der Waals surface area contributed by atoms with Crippen LogP contribution in [0.2, 0.25) is 0 Å². The molecule has 1 aromatic rings. The molecule has 8 heteroatoms. The zero-order valence-electron chi connectivity index (χ0n) is 14.9. The number of nitrogens with zero attached hydrogens (tertiary/aromatic N) is 2. The number of morpholine rings is 1. The first-order valence-corrected chi connectivity index (χ1v) is 8.73. The van der Waals surface area contributed by atoms with Gasteiger partial charge in [0, 0.05) is 19.1 Å². The quantitative estimate of drug-likeness (QED) is 0.400. The molecule has 3 rings (SSSR count). The van der Waals surface area contributed by atoms with E-state index >= 15 is 0 Å².